The Hall–Kier alpha value is -4.43. The molecular formula is C32H31N3O4S. The van der Waals surface area contributed by atoms with E-state index >= 15 is 0 Å². The van der Waals surface area contributed by atoms with Crippen LogP contribution in [0, 0.1) is 6.92 Å². The highest BCUT2D eigenvalue weighted by Crippen LogP contribution is 2.44. The van der Waals surface area contributed by atoms with Gasteiger partial charge in [0.1, 0.15) is 10.8 Å². The number of hydrogen-bond acceptors (Lipinski definition) is 7. The van der Waals surface area contributed by atoms with Crippen LogP contribution in [0.25, 0.3) is 10.6 Å². The molecule has 1 unspecified atom stereocenters. The molecule has 4 aromatic rings. The van der Waals surface area contributed by atoms with Crippen molar-refractivity contribution in [2.75, 3.05) is 30.0 Å². The third-order valence-electron chi connectivity index (χ3n) is 7.16. The first-order valence-electron chi connectivity index (χ1n) is 13.2. The Labute approximate surface area is 238 Å². The van der Waals surface area contributed by atoms with E-state index in [1.165, 1.54) is 16.2 Å². The molecular weight excluding hydrogens is 522 g/mol. The average molecular weight is 554 g/mol. The van der Waals surface area contributed by atoms with Crippen LogP contribution in [-0.2, 0) is 4.79 Å². The Bertz CT molecular complexity index is 1560. The summed E-state index contributed by atoms with van der Waals surface area (Å²) in [5.74, 6) is -0.945. The maximum Gasteiger partial charge on any atom is 0.294 e. The lowest BCUT2D eigenvalue weighted by molar-refractivity contribution is -0.117. The van der Waals surface area contributed by atoms with Crippen LogP contribution < -0.4 is 14.5 Å². The molecule has 1 N–H and O–H groups in total. The lowest BCUT2D eigenvalue weighted by Gasteiger charge is -2.28. The van der Waals surface area contributed by atoms with Crippen LogP contribution in [0.15, 0.2) is 90.2 Å². The summed E-state index contributed by atoms with van der Waals surface area (Å²) in [7, 11) is 1.57. The van der Waals surface area contributed by atoms with E-state index in [0.29, 0.717) is 27.0 Å². The Morgan fingerprint density at radius 1 is 1.00 bits per heavy atom. The van der Waals surface area contributed by atoms with Gasteiger partial charge in [-0.05, 0) is 62.7 Å². The lowest BCUT2D eigenvalue weighted by atomic mass is 9.94. The number of rotatable bonds is 9. The number of aryl methyl sites for hydroxylation is 1. The van der Waals surface area contributed by atoms with Crippen LogP contribution in [-0.4, -0.2) is 42.0 Å². The lowest BCUT2D eigenvalue weighted by Crippen LogP contribution is -2.31. The minimum absolute atomic E-state index is 0.0442. The van der Waals surface area contributed by atoms with Gasteiger partial charge in [-0.1, -0.05) is 42.5 Å². The number of thiazole rings is 1. The topological polar surface area (TPSA) is 83.0 Å². The normalized spacial score (nSPS) is 15.1. The Balaban J connectivity index is 1.61. The number of aliphatic hydroxyl groups excluding tert-OH is 1. The van der Waals surface area contributed by atoms with Crippen molar-refractivity contribution in [1.82, 2.24) is 4.98 Å². The molecule has 5 rings (SSSR count). The van der Waals surface area contributed by atoms with E-state index in [2.05, 4.69) is 23.7 Å². The fourth-order valence-corrected chi connectivity index (χ4v) is 6.08. The molecule has 1 amide bonds. The molecule has 2 heterocycles. The van der Waals surface area contributed by atoms with Crippen LogP contribution in [0.4, 0.5) is 11.4 Å². The van der Waals surface area contributed by atoms with Crippen molar-refractivity contribution < 1.29 is 19.4 Å². The number of nitrogens with zero attached hydrogens (tertiary/aromatic N) is 3. The summed E-state index contributed by atoms with van der Waals surface area (Å²) in [6.45, 7) is 7.68. The first-order chi connectivity index (χ1) is 19.4. The summed E-state index contributed by atoms with van der Waals surface area (Å²) in [5.41, 5.74) is 3.81. The van der Waals surface area contributed by atoms with Crippen LogP contribution in [0.5, 0.6) is 5.75 Å². The largest absolute Gasteiger partial charge is 0.503 e. The first-order valence-corrected chi connectivity index (χ1v) is 14.0. The highest BCUT2D eigenvalue weighted by molar-refractivity contribution is 7.17. The number of aliphatic hydroxyl groups is 1. The van der Waals surface area contributed by atoms with Gasteiger partial charge in [-0.25, -0.2) is 4.98 Å². The number of amides is 1. The van der Waals surface area contributed by atoms with E-state index in [4.69, 9.17) is 4.74 Å². The summed E-state index contributed by atoms with van der Waals surface area (Å²) >= 11 is 1.26. The molecule has 0 aliphatic carbocycles. The van der Waals surface area contributed by atoms with E-state index in [0.717, 1.165) is 29.9 Å². The predicted molar refractivity (Wildman–Crippen MR) is 159 cm³/mol. The molecule has 1 aromatic heterocycles. The predicted octanol–water partition coefficient (Wildman–Crippen LogP) is 6.76. The van der Waals surface area contributed by atoms with Gasteiger partial charge in [-0.15, -0.1) is 11.3 Å². The maximum absolute atomic E-state index is 14.1. The highest BCUT2D eigenvalue weighted by Gasteiger charge is 2.45. The number of aromatic nitrogens is 1. The van der Waals surface area contributed by atoms with Crippen molar-refractivity contribution in [2.24, 2.45) is 0 Å². The molecule has 1 aliphatic rings. The van der Waals surface area contributed by atoms with E-state index in [1.807, 2.05) is 54.6 Å². The monoisotopic (exact) mass is 553 g/mol. The van der Waals surface area contributed by atoms with Gasteiger partial charge < -0.3 is 14.7 Å². The van der Waals surface area contributed by atoms with E-state index in [1.54, 1.807) is 38.3 Å². The quantitative estimate of drug-likeness (QED) is 0.231. The van der Waals surface area contributed by atoms with Crippen LogP contribution in [0.3, 0.4) is 0 Å². The molecule has 0 bridgehead atoms. The number of ether oxygens (including phenoxy) is 1. The summed E-state index contributed by atoms with van der Waals surface area (Å²) in [5, 5.41) is 11.9. The molecule has 8 heteroatoms. The van der Waals surface area contributed by atoms with Gasteiger partial charge in [0.2, 0.25) is 5.78 Å². The molecule has 3 aromatic carbocycles. The molecule has 1 atom stereocenters. The molecule has 0 fully saturated rings. The number of carbonyl (C=O) groups is 2. The van der Waals surface area contributed by atoms with Crippen molar-refractivity contribution in [1.29, 1.82) is 0 Å². The minimum atomic E-state index is -0.819. The van der Waals surface area contributed by atoms with Gasteiger partial charge in [0.05, 0.1) is 29.3 Å². The third kappa shape index (κ3) is 4.86. The van der Waals surface area contributed by atoms with Crippen LogP contribution >= 0.6 is 11.3 Å². The Morgan fingerprint density at radius 3 is 2.25 bits per heavy atom. The highest BCUT2D eigenvalue weighted by atomic mass is 32.1. The molecule has 40 heavy (non-hydrogen) atoms. The summed E-state index contributed by atoms with van der Waals surface area (Å²) in [6.07, 6.45) is 0. The fraction of sp³-hybridized carbons (Fsp3) is 0.219. The van der Waals surface area contributed by atoms with Crippen molar-refractivity contribution >= 4 is 34.4 Å². The number of benzene rings is 3. The maximum atomic E-state index is 14.1. The number of ketones is 1. The number of anilines is 2. The number of hydrogen-bond donors (Lipinski definition) is 1. The van der Waals surface area contributed by atoms with Crippen molar-refractivity contribution in [2.45, 2.75) is 26.8 Å². The van der Waals surface area contributed by atoms with Gasteiger partial charge in [0.25, 0.3) is 5.91 Å². The van der Waals surface area contributed by atoms with Crippen LogP contribution in [0.1, 0.15) is 40.8 Å². The SMILES string of the molecule is CCN(CC)c1ccc(C2C(C(=O)c3sc(-c4ccccc4)nc3C)=C(O)C(=O)N2c2ccc(OC)cc2)cc1. The van der Waals surface area contributed by atoms with E-state index in [-0.39, 0.29) is 5.57 Å². The number of carbonyl (C=O) groups excluding carboxylic acids is 2. The molecule has 0 saturated carbocycles. The van der Waals surface area contributed by atoms with Crippen molar-refractivity contribution in [3.63, 3.8) is 0 Å². The number of Topliss-reactive ketones (excluding diaryl/α,β-unsaturated/α-hetero) is 1. The van der Waals surface area contributed by atoms with Gasteiger partial charge >= 0.3 is 0 Å². The minimum Gasteiger partial charge on any atom is -0.503 e. The summed E-state index contributed by atoms with van der Waals surface area (Å²) in [4.78, 5) is 36.5. The Kier molecular flexibility index (Phi) is 7.71. The Morgan fingerprint density at radius 2 is 1.65 bits per heavy atom. The second-order valence-electron chi connectivity index (χ2n) is 9.43. The van der Waals surface area contributed by atoms with E-state index < -0.39 is 23.5 Å². The molecule has 0 saturated heterocycles. The molecule has 0 radical (unpaired) electrons. The zero-order chi connectivity index (χ0) is 28.4. The smallest absolute Gasteiger partial charge is 0.294 e. The zero-order valence-corrected chi connectivity index (χ0v) is 23.7. The van der Waals surface area contributed by atoms with Gasteiger partial charge in [0, 0.05) is 30.0 Å². The number of methoxy groups -OCH3 is 1. The van der Waals surface area contributed by atoms with Gasteiger partial charge in [-0.2, -0.15) is 0 Å². The van der Waals surface area contributed by atoms with Gasteiger partial charge in [0.15, 0.2) is 5.76 Å². The standard InChI is InChI=1S/C32H31N3O4S/c1-5-34(6-2)23-14-12-21(13-15-23)27-26(29(37)32(38)35(27)24-16-18-25(39-4)19-17-24)28(36)30-20(3)33-31(40-30)22-10-8-7-9-11-22/h7-19,27,37H,5-6H2,1-4H3. The summed E-state index contributed by atoms with van der Waals surface area (Å²) < 4.78 is 5.29. The summed E-state index contributed by atoms with van der Waals surface area (Å²) in [6, 6.07) is 23.6. The third-order valence-corrected chi connectivity index (χ3v) is 8.37. The molecule has 0 spiro atoms. The molecule has 1 aliphatic heterocycles. The average Bonchev–Trinajstić information content (AvgIpc) is 3.51. The van der Waals surface area contributed by atoms with Gasteiger partial charge in [-0.3, -0.25) is 14.5 Å². The second kappa shape index (κ2) is 11.4. The second-order valence-corrected chi connectivity index (χ2v) is 10.4. The fourth-order valence-electron chi connectivity index (χ4n) is 5.05. The van der Waals surface area contributed by atoms with Crippen molar-refractivity contribution in [3.8, 4) is 16.3 Å². The van der Waals surface area contributed by atoms with Crippen LogP contribution in [0.2, 0.25) is 0 Å². The van der Waals surface area contributed by atoms with E-state index in [9.17, 15) is 14.7 Å². The first kappa shape index (κ1) is 27.1. The molecule has 7 nitrogen and oxygen atoms in total. The zero-order valence-electron chi connectivity index (χ0n) is 22.9. The molecule has 204 valence electrons. The van der Waals surface area contributed by atoms with Crippen molar-refractivity contribution in [3.05, 3.63) is 106 Å².